The molecule has 0 saturated carbocycles. The fourth-order valence-corrected chi connectivity index (χ4v) is 5.20. The third kappa shape index (κ3) is 4.22. The number of likely N-dealkylation sites (tertiary alicyclic amines) is 1. The van der Waals surface area contributed by atoms with Gasteiger partial charge in [-0.05, 0) is 53.8 Å². The first-order valence-electron chi connectivity index (χ1n) is 9.37. The van der Waals surface area contributed by atoms with Crippen LogP contribution in [-0.2, 0) is 23.8 Å². The lowest BCUT2D eigenvalue weighted by molar-refractivity contribution is -0.243. The number of rotatable bonds is 4. The Morgan fingerprint density at radius 3 is 2.22 bits per heavy atom. The highest BCUT2D eigenvalue weighted by atomic mass is 32.2. The van der Waals surface area contributed by atoms with Gasteiger partial charge in [0.15, 0.2) is 5.79 Å². The molecule has 0 radical (unpaired) electrons. The molecule has 1 spiro atoms. The van der Waals surface area contributed by atoms with E-state index in [0.29, 0.717) is 6.61 Å². The minimum absolute atomic E-state index is 0.0470. The van der Waals surface area contributed by atoms with E-state index < -0.39 is 22.0 Å². The molecule has 2 aliphatic rings. The molecule has 6 nitrogen and oxygen atoms in total. The Hall–Kier alpha value is -0.990. The standard InChI is InChI=1S/C20H31NO5S/c1-15-7-9-17(10-8-15)27(22,23)25-12-16-11-24-20(26-16)13-18(2,3)21(6)19(4,5)14-20/h7-10,16H,11-14H2,1-6H3. The molecule has 2 fully saturated rings. The molecule has 0 N–H and O–H groups in total. The SMILES string of the molecule is Cc1ccc(S(=O)(=O)OCC2COC3(CC(C)(C)N(C)C(C)(C)C3)O2)cc1. The van der Waals surface area contributed by atoms with Crippen LogP contribution in [0.15, 0.2) is 29.2 Å². The van der Waals surface area contributed by atoms with Crippen LogP contribution in [0.25, 0.3) is 0 Å². The number of piperidine rings is 1. The highest BCUT2D eigenvalue weighted by molar-refractivity contribution is 7.86. The van der Waals surface area contributed by atoms with Gasteiger partial charge >= 0.3 is 0 Å². The van der Waals surface area contributed by atoms with Crippen molar-refractivity contribution in [1.29, 1.82) is 0 Å². The van der Waals surface area contributed by atoms with Crippen molar-refractivity contribution in [2.24, 2.45) is 0 Å². The van der Waals surface area contributed by atoms with Crippen molar-refractivity contribution in [2.75, 3.05) is 20.3 Å². The Labute approximate surface area is 162 Å². The molecule has 1 aromatic carbocycles. The van der Waals surface area contributed by atoms with Gasteiger partial charge in [-0.15, -0.1) is 0 Å². The summed E-state index contributed by atoms with van der Waals surface area (Å²) in [4.78, 5) is 2.51. The largest absolute Gasteiger partial charge is 0.347 e. The van der Waals surface area contributed by atoms with Crippen molar-refractivity contribution in [3.63, 3.8) is 0 Å². The summed E-state index contributed by atoms with van der Waals surface area (Å²) >= 11 is 0. The molecule has 152 valence electrons. The van der Waals surface area contributed by atoms with Crippen LogP contribution in [-0.4, -0.2) is 56.5 Å². The number of hydrogen-bond acceptors (Lipinski definition) is 6. The van der Waals surface area contributed by atoms with Gasteiger partial charge in [-0.2, -0.15) is 8.42 Å². The summed E-state index contributed by atoms with van der Waals surface area (Å²) in [6.07, 6.45) is 1.04. The second kappa shape index (κ2) is 6.81. The van der Waals surface area contributed by atoms with Crippen LogP contribution < -0.4 is 0 Å². The zero-order chi connectivity index (χ0) is 20.1. The van der Waals surface area contributed by atoms with Crippen molar-refractivity contribution in [3.8, 4) is 0 Å². The topological polar surface area (TPSA) is 65.1 Å². The molecule has 1 unspecified atom stereocenters. The molecular weight excluding hydrogens is 366 g/mol. The van der Waals surface area contributed by atoms with Crippen molar-refractivity contribution >= 4 is 10.1 Å². The predicted octanol–water partition coefficient (Wildman–Crippen LogP) is 3.09. The van der Waals surface area contributed by atoms with Gasteiger partial charge in [0, 0.05) is 23.9 Å². The average Bonchev–Trinajstić information content (AvgIpc) is 2.92. The van der Waals surface area contributed by atoms with Gasteiger partial charge in [0.05, 0.1) is 18.1 Å². The summed E-state index contributed by atoms with van der Waals surface area (Å²) < 4.78 is 42.3. The van der Waals surface area contributed by atoms with Crippen LogP contribution in [0, 0.1) is 6.92 Å². The molecule has 7 heteroatoms. The van der Waals surface area contributed by atoms with Gasteiger partial charge in [0.25, 0.3) is 10.1 Å². The molecule has 0 aliphatic carbocycles. The number of hydrogen-bond donors (Lipinski definition) is 0. The first-order chi connectivity index (χ1) is 12.4. The monoisotopic (exact) mass is 397 g/mol. The van der Waals surface area contributed by atoms with Crippen LogP contribution in [0.3, 0.4) is 0 Å². The van der Waals surface area contributed by atoms with E-state index in [1.807, 2.05) is 6.92 Å². The number of benzene rings is 1. The lowest BCUT2D eigenvalue weighted by Gasteiger charge is -2.56. The van der Waals surface area contributed by atoms with E-state index in [0.717, 1.165) is 18.4 Å². The zero-order valence-corrected chi connectivity index (χ0v) is 17.9. The van der Waals surface area contributed by atoms with Crippen LogP contribution in [0.2, 0.25) is 0 Å². The van der Waals surface area contributed by atoms with Crippen LogP contribution in [0.4, 0.5) is 0 Å². The highest BCUT2D eigenvalue weighted by Gasteiger charge is 2.55. The summed E-state index contributed by atoms with van der Waals surface area (Å²) in [6, 6.07) is 6.62. The zero-order valence-electron chi connectivity index (χ0n) is 17.1. The maximum absolute atomic E-state index is 12.4. The molecule has 2 aliphatic heterocycles. The number of ether oxygens (including phenoxy) is 2. The van der Waals surface area contributed by atoms with Crippen molar-refractivity contribution in [1.82, 2.24) is 4.90 Å². The molecule has 0 amide bonds. The van der Waals surface area contributed by atoms with Crippen LogP contribution in [0.1, 0.15) is 46.1 Å². The van der Waals surface area contributed by atoms with E-state index in [1.165, 1.54) is 0 Å². The predicted molar refractivity (Wildman–Crippen MR) is 103 cm³/mol. The minimum Gasteiger partial charge on any atom is -0.347 e. The second-order valence-corrected chi connectivity index (χ2v) is 10.7. The van der Waals surface area contributed by atoms with Gasteiger partial charge in [0.1, 0.15) is 6.10 Å². The van der Waals surface area contributed by atoms with Gasteiger partial charge in [-0.1, -0.05) is 17.7 Å². The van der Waals surface area contributed by atoms with E-state index >= 15 is 0 Å². The summed E-state index contributed by atoms with van der Waals surface area (Å²) in [5, 5.41) is 0. The molecule has 3 rings (SSSR count). The van der Waals surface area contributed by atoms with Gasteiger partial charge in [-0.25, -0.2) is 0 Å². The summed E-state index contributed by atoms with van der Waals surface area (Å²) in [5.41, 5.74) is 0.813. The Kier molecular flexibility index (Phi) is 5.23. The van der Waals surface area contributed by atoms with Gasteiger partial charge in [-0.3, -0.25) is 9.08 Å². The Morgan fingerprint density at radius 2 is 1.67 bits per heavy atom. The van der Waals surface area contributed by atoms with Crippen LogP contribution in [0.5, 0.6) is 0 Å². The molecule has 1 aromatic rings. The summed E-state index contributed by atoms with van der Waals surface area (Å²) in [6.45, 7) is 10.9. The third-order valence-electron chi connectivity index (χ3n) is 5.85. The first-order valence-corrected chi connectivity index (χ1v) is 10.8. The van der Waals surface area contributed by atoms with Crippen LogP contribution >= 0.6 is 0 Å². The molecule has 0 aromatic heterocycles. The average molecular weight is 398 g/mol. The second-order valence-electron chi connectivity index (χ2n) is 9.05. The Morgan fingerprint density at radius 1 is 1.11 bits per heavy atom. The lowest BCUT2D eigenvalue weighted by Crippen LogP contribution is -2.64. The van der Waals surface area contributed by atoms with E-state index in [2.05, 4.69) is 39.6 Å². The fourth-order valence-electron chi connectivity index (χ4n) is 4.26. The summed E-state index contributed by atoms with van der Waals surface area (Å²) in [7, 11) is -1.68. The maximum Gasteiger partial charge on any atom is 0.297 e. The van der Waals surface area contributed by atoms with Crippen molar-refractivity contribution in [3.05, 3.63) is 29.8 Å². The quantitative estimate of drug-likeness (QED) is 0.728. The van der Waals surface area contributed by atoms with Gasteiger partial charge in [0.2, 0.25) is 0 Å². The minimum atomic E-state index is -3.81. The van der Waals surface area contributed by atoms with Crippen molar-refractivity contribution in [2.45, 2.75) is 75.3 Å². The molecule has 27 heavy (non-hydrogen) atoms. The normalized spacial score (nSPS) is 27.1. The Balaban J connectivity index is 1.65. The molecular formula is C20H31NO5S. The molecule has 2 heterocycles. The fraction of sp³-hybridized carbons (Fsp3) is 0.700. The van der Waals surface area contributed by atoms with Gasteiger partial charge < -0.3 is 9.47 Å². The Bertz CT molecular complexity index is 767. The van der Waals surface area contributed by atoms with E-state index in [4.69, 9.17) is 13.7 Å². The summed E-state index contributed by atoms with van der Waals surface area (Å²) in [5.74, 6) is -0.693. The molecule has 1 atom stereocenters. The highest BCUT2D eigenvalue weighted by Crippen LogP contribution is 2.47. The molecule has 0 bridgehead atoms. The van der Waals surface area contributed by atoms with E-state index in [1.54, 1.807) is 24.3 Å². The van der Waals surface area contributed by atoms with E-state index in [9.17, 15) is 8.42 Å². The third-order valence-corrected chi connectivity index (χ3v) is 7.15. The number of aryl methyl sites for hydroxylation is 1. The smallest absolute Gasteiger partial charge is 0.297 e. The van der Waals surface area contributed by atoms with E-state index in [-0.39, 0.29) is 22.6 Å². The van der Waals surface area contributed by atoms with Crippen molar-refractivity contribution < 1.29 is 22.1 Å². The number of nitrogens with zero attached hydrogens (tertiary/aromatic N) is 1. The molecule has 2 saturated heterocycles. The first kappa shape index (κ1) is 20.7. The lowest BCUT2D eigenvalue weighted by atomic mass is 9.76. The maximum atomic E-state index is 12.4.